The molecule has 0 spiro atoms. The number of nitrogens with zero attached hydrogens (tertiary/aromatic N) is 4. The molecule has 6 nitrogen and oxygen atoms in total. The van der Waals surface area contributed by atoms with E-state index < -0.39 is 5.56 Å². The fraction of sp³-hybridized carbons (Fsp3) is 0.179. The van der Waals surface area contributed by atoms with Crippen molar-refractivity contribution >= 4 is 11.6 Å². The molecule has 3 aromatic carbocycles. The molecule has 176 valence electrons. The van der Waals surface area contributed by atoms with E-state index in [1.165, 1.54) is 16.8 Å². The molecule has 2 heterocycles. The second-order valence-corrected chi connectivity index (χ2v) is 8.52. The predicted octanol–water partition coefficient (Wildman–Crippen LogP) is 4.22. The largest absolute Gasteiger partial charge is 0.368 e. The summed E-state index contributed by atoms with van der Waals surface area (Å²) in [7, 11) is 1.58. The molecule has 0 N–H and O–H groups in total. The molecule has 1 amide bonds. The standard InChI is InChI=1S/C28H25FN4O2/c1-31-27(34)25(28(35)33-18-16-32(17-19-33)23-14-12-22(29)13-15-23)24(20-8-4-2-5-9-20)26(30-31)21-10-6-3-7-11-21/h2-15H,16-19H2,1H3. The van der Waals surface area contributed by atoms with E-state index in [1.54, 1.807) is 24.1 Å². The topological polar surface area (TPSA) is 58.4 Å². The van der Waals surface area contributed by atoms with E-state index in [2.05, 4.69) is 10.00 Å². The van der Waals surface area contributed by atoms with E-state index in [1.807, 2.05) is 60.7 Å². The Morgan fingerprint density at radius 2 is 1.37 bits per heavy atom. The molecule has 1 fully saturated rings. The number of amides is 1. The van der Waals surface area contributed by atoms with E-state index in [9.17, 15) is 14.0 Å². The fourth-order valence-electron chi connectivity index (χ4n) is 4.49. The van der Waals surface area contributed by atoms with Gasteiger partial charge in [-0.15, -0.1) is 0 Å². The van der Waals surface area contributed by atoms with Crippen molar-refractivity contribution in [2.75, 3.05) is 31.1 Å². The van der Waals surface area contributed by atoms with Crippen LogP contribution in [0.4, 0.5) is 10.1 Å². The van der Waals surface area contributed by atoms with E-state index in [0.717, 1.165) is 16.8 Å². The third-order valence-electron chi connectivity index (χ3n) is 6.33. The molecule has 0 bridgehead atoms. The van der Waals surface area contributed by atoms with Crippen LogP contribution in [0.25, 0.3) is 22.4 Å². The van der Waals surface area contributed by atoms with Crippen molar-refractivity contribution in [2.45, 2.75) is 0 Å². The molecular weight excluding hydrogens is 443 g/mol. The van der Waals surface area contributed by atoms with Gasteiger partial charge in [0.1, 0.15) is 11.4 Å². The second kappa shape index (κ2) is 9.54. The number of piperazine rings is 1. The number of halogens is 1. The SMILES string of the molecule is Cn1nc(-c2ccccc2)c(-c2ccccc2)c(C(=O)N2CCN(c3ccc(F)cc3)CC2)c1=O. The third kappa shape index (κ3) is 4.45. The van der Waals surface area contributed by atoms with Crippen molar-refractivity contribution in [2.24, 2.45) is 7.05 Å². The molecule has 7 heteroatoms. The molecule has 0 atom stereocenters. The number of carbonyl (C=O) groups excluding carboxylic acids is 1. The predicted molar refractivity (Wildman–Crippen MR) is 135 cm³/mol. The van der Waals surface area contributed by atoms with E-state index >= 15 is 0 Å². The monoisotopic (exact) mass is 468 g/mol. The zero-order valence-corrected chi connectivity index (χ0v) is 19.4. The van der Waals surface area contributed by atoms with Crippen molar-refractivity contribution in [3.05, 3.63) is 107 Å². The van der Waals surface area contributed by atoms with Gasteiger partial charge in [-0.1, -0.05) is 60.7 Å². The lowest BCUT2D eigenvalue weighted by molar-refractivity contribution is 0.0745. The molecule has 0 saturated carbocycles. The quantitative estimate of drug-likeness (QED) is 0.450. The van der Waals surface area contributed by atoms with Crippen LogP contribution in [-0.4, -0.2) is 46.8 Å². The maximum Gasteiger partial charge on any atom is 0.280 e. The van der Waals surface area contributed by atoms with Gasteiger partial charge in [-0.3, -0.25) is 9.59 Å². The molecule has 1 aliphatic heterocycles. The summed E-state index contributed by atoms with van der Waals surface area (Å²) in [6.07, 6.45) is 0. The van der Waals surface area contributed by atoms with Gasteiger partial charge in [0, 0.05) is 50.0 Å². The van der Waals surface area contributed by atoms with Gasteiger partial charge in [-0.25, -0.2) is 9.07 Å². The van der Waals surface area contributed by atoms with Crippen molar-refractivity contribution in [1.82, 2.24) is 14.7 Å². The Balaban J connectivity index is 1.54. The first-order valence-electron chi connectivity index (χ1n) is 11.5. The number of aromatic nitrogens is 2. The van der Waals surface area contributed by atoms with Crippen LogP contribution in [0.2, 0.25) is 0 Å². The summed E-state index contributed by atoms with van der Waals surface area (Å²) in [4.78, 5) is 31.0. The molecule has 1 saturated heterocycles. The zero-order valence-electron chi connectivity index (χ0n) is 19.4. The molecule has 0 unspecified atom stereocenters. The number of rotatable bonds is 4. The molecule has 4 aromatic rings. The Hall–Kier alpha value is -4.26. The van der Waals surface area contributed by atoms with Gasteiger partial charge in [-0.05, 0) is 29.8 Å². The smallest absolute Gasteiger partial charge is 0.280 e. The summed E-state index contributed by atoms with van der Waals surface area (Å²) in [5, 5.41) is 4.56. The summed E-state index contributed by atoms with van der Waals surface area (Å²) in [6.45, 7) is 2.09. The summed E-state index contributed by atoms with van der Waals surface area (Å²) in [6, 6.07) is 25.4. The van der Waals surface area contributed by atoms with Crippen LogP contribution in [0.5, 0.6) is 0 Å². The van der Waals surface area contributed by atoms with Crippen LogP contribution >= 0.6 is 0 Å². The minimum absolute atomic E-state index is 0.128. The second-order valence-electron chi connectivity index (χ2n) is 8.52. The number of aryl methyl sites for hydroxylation is 1. The Bertz CT molecular complexity index is 1400. The molecule has 0 radical (unpaired) electrons. The van der Waals surface area contributed by atoms with Gasteiger partial charge < -0.3 is 9.80 Å². The van der Waals surface area contributed by atoms with E-state index in [0.29, 0.717) is 37.4 Å². The number of anilines is 1. The minimum Gasteiger partial charge on any atom is -0.368 e. The van der Waals surface area contributed by atoms with Crippen molar-refractivity contribution in [1.29, 1.82) is 0 Å². The average Bonchev–Trinajstić information content (AvgIpc) is 2.91. The summed E-state index contributed by atoms with van der Waals surface area (Å²) < 4.78 is 14.6. The molecular formula is C28H25FN4O2. The highest BCUT2D eigenvalue weighted by atomic mass is 19.1. The van der Waals surface area contributed by atoms with Crippen LogP contribution in [0.1, 0.15) is 10.4 Å². The number of benzene rings is 3. The lowest BCUT2D eigenvalue weighted by atomic mass is 9.94. The maximum absolute atomic E-state index is 13.9. The van der Waals surface area contributed by atoms with Crippen molar-refractivity contribution in [3.63, 3.8) is 0 Å². The highest BCUT2D eigenvalue weighted by molar-refractivity contribution is 6.03. The highest BCUT2D eigenvalue weighted by Crippen LogP contribution is 2.32. The lowest BCUT2D eigenvalue weighted by Crippen LogP contribution is -2.50. The zero-order chi connectivity index (χ0) is 24.4. The molecule has 35 heavy (non-hydrogen) atoms. The lowest BCUT2D eigenvalue weighted by Gasteiger charge is -2.36. The number of hydrogen-bond acceptors (Lipinski definition) is 4. The first kappa shape index (κ1) is 22.5. The van der Waals surface area contributed by atoms with Gasteiger partial charge in [-0.2, -0.15) is 5.10 Å². The van der Waals surface area contributed by atoms with E-state index in [-0.39, 0.29) is 17.3 Å². The van der Waals surface area contributed by atoms with Crippen LogP contribution in [0.3, 0.4) is 0 Å². The maximum atomic E-state index is 13.9. The highest BCUT2D eigenvalue weighted by Gasteiger charge is 2.30. The summed E-state index contributed by atoms with van der Waals surface area (Å²) >= 11 is 0. The molecule has 5 rings (SSSR count). The molecule has 1 aromatic heterocycles. The Morgan fingerprint density at radius 1 is 0.800 bits per heavy atom. The minimum atomic E-state index is -0.422. The van der Waals surface area contributed by atoms with Crippen LogP contribution < -0.4 is 10.5 Å². The van der Waals surface area contributed by atoms with Crippen LogP contribution in [-0.2, 0) is 7.05 Å². The Morgan fingerprint density at radius 3 is 1.97 bits per heavy atom. The number of carbonyl (C=O) groups is 1. The van der Waals surface area contributed by atoms with Crippen LogP contribution in [0, 0.1) is 5.82 Å². The van der Waals surface area contributed by atoms with Gasteiger partial charge in [0.15, 0.2) is 0 Å². The van der Waals surface area contributed by atoms with Crippen molar-refractivity contribution < 1.29 is 9.18 Å². The Kier molecular flexibility index (Phi) is 6.14. The summed E-state index contributed by atoms with van der Waals surface area (Å²) in [5.41, 5.74) is 3.35. The van der Waals surface area contributed by atoms with Crippen LogP contribution in [0.15, 0.2) is 89.7 Å². The van der Waals surface area contributed by atoms with E-state index in [4.69, 9.17) is 0 Å². The first-order chi connectivity index (χ1) is 17.0. The molecule has 1 aliphatic rings. The molecule has 0 aliphatic carbocycles. The van der Waals surface area contributed by atoms with Gasteiger partial charge in [0.05, 0.1) is 5.69 Å². The van der Waals surface area contributed by atoms with Gasteiger partial charge >= 0.3 is 0 Å². The third-order valence-corrected chi connectivity index (χ3v) is 6.33. The Labute approximate surface area is 202 Å². The summed E-state index contributed by atoms with van der Waals surface area (Å²) in [5.74, 6) is -0.582. The first-order valence-corrected chi connectivity index (χ1v) is 11.5. The van der Waals surface area contributed by atoms with Gasteiger partial charge in [0.2, 0.25) is 0 Å². The van der Waals surface area contributed by atoms with Gasteiger partial charge in [0.25, 0.3) is 11.5 Å². The fourth-order valence-corrected chi connectivity index (χ4v) is 4.49. The number of hydrogen-bond donors (Lipinski definition) is 0. The average molecular weight is 469 g/mol. The van der Waals surface area contributed by atoms with Crippen molar-refractivity contribution in [3.8, 4) is 22.4 Å². The normalized spacial score (nSPS) is 13.7.